The Kier molecular flexibility index (Phi) is 8.30. The fourth-order valence-corrected chi connectivity index (χ4v) is 4.30. The van der Waals surface area contributed by atoms with E-state index in [2.05, 4.69) is 41.4 Å². The molecule has 2 aromatic rings. The molecule has 1 heterocycles. The van der Waals surface area contributed by atoms with E-state index in [0.717, 1.165) is 31.4 Å². The third-order valence-electron chi connectivity index (χ3n) is 5.80. The van der Waals surface area contributed by atoms with Gasteiger partial charge in [0, 0.05) is 31.5 Å². The summed E-state index contributed by atoms with van der Waals surface area (Å²) in [4.78, 5) is 26.7. The minimum absolute atomic E-state index is 0.186. The first-order chi connectivity index (χ1) is 14.7. The van der Waals surface area contributed by atoms with Crippen molar-refractivity contribution in [1.29, 1.82) is 0 Å². The van der Waals surface area contributed by atoms with E-state index >= 15 is 0 Å². The molecule has 160 valence electrons. The lowest BCUT2D eigenvalue weighted by atomic mass is 9.87. The molecule has 0 bridgehead atoms. The van der Waals surface area contributed by atoms with E-state index < -0.39 is 6.09 Å². The first-order valence-electron chi connectivity index (χ1n) is 11.0. The molecule has 2 amide bonds. The van der Waals surface area contributed by atoms with Crippen LogP contribution in [0.1, 0.15) is 56.1 Å². The van der Waals surface area contributed by atoms with Crippen LogP contribution in [0.15, 0.2) is 60.7 Å². The van der Waals surface area contributed by atoms with Gasteiger partial charge in [-0.1, -0.05) is 67.6 Å². The molecule has 2 unspecified atom stereocenters. The molecule has 1 N–H and O–H groups in total. The van der Waals surface area contributed by atoms with Crippen LogP contribution in [0.3, 0.4) is 0 Å². The Hall–Kier alpha value is -2.82. The molecule has 0 saturated carbocycles. The number of hydrogen-bond donors (Lipinski definition) is 1. The lowest BCUT2D eigenvalue weighted by Crippen LogP contribution is -2.39. The molecule has 1 saturated heterocycles. The molecule has 2 aromatic carbocycles. The van der Waals surface area contributed by atoms with Crippen molar-refractivity contribution in [2.75, 3.05) is 13.1 Å². The SMILES string of the molecule is CCC(c1ccccc1)C1CCCN1C(=O)CCCNC(=O)OCc1ccccc1. The quantitative estimate of drug-likeness (QED) is 0.602. The van der Waals surface area contributed by atoms with Gasteiger partial charge in [0.2, 0.25) is 5.91 Å². The minimum Gasteiger partial charge on any atom is -0.445 e. The molecule has 0 aliphatic carbocycles. The second-order valence-electron chi connectivity index (χ2n) is 7.81. The largest absolute Gasteiger partial charge is 0.445 e. The van der Waals surface area contributed by atoms with Crippen LogP contribution in [-0.4, -0.2) is 36.0 Å². The van der Waals surface area contributed by atoms with Gasteiger partial charge in [-0.3, -0.25) is 4.79 Å². The normalized spacial score (nSPS) is 16.8. The zero-order valence-electron chi connectivity index (χ0n) is 17.8. The van der Waals surface area contributed by atoms with Crippen LogP contribution < -0.4 is 5.32 Å². The van der Waals surface area contributed by atoms with E-state index in [-0.39, 0.29) is 18.6 Å². The molecule has 0 radical (unpaired) electrons. The molecule has 5 heteroatoms. The molecule has 1 fully saturated rings. The van der Waals surface area contributed by atoms with E-state index in [4.69, 9.17) is 4.74 Å². The molecule has 1 aliphatic rings. The monoisotopic (exact) mass is 408 g/mol. The standard InChI is InChI=1S/C25H32N2O3/c1-2-22(21-13-7-4-8-14-21)23-15-10-18-27(23)24(28)16-9-17-26-25(29)30-19-20-11-5-3-6-12-20/h3-8,11-14,22-23H,2,9-10,15-19H2,1H3,(H,26,29). The third kappa shape index (κ3) is 6.09. The molecule has 0 spiro atoms. The van der Waals surface area contributed by atoms with Crippen molar-refractivity contribution in [3.8, 4) is 0 Å². The average molecular weight is 409 g/mol. The molecule has 5 nitrogen and oxygen atoms in total. The van der Waals surface area contributed by atoms with Crippen LogP contribution in [-0.2, 0) is 16.1 Å². The number of rotatable bonds is 9. The van der Waals surface area contributed by atoms with Gasteiger partial charge in [-0.05, 0) is 36.8 Å². The molecule has 30 heavy (non-hydrogen) atoms. The van der Waals surface area contributed by atoms with Crippen LogP contribution in [0.2, 0.25) is 0 Å². The van der Waals surface area contributed by atoms with Gasteiger partial charge in [0.25, 0.3) is 0 Å². The number of nitrogens with one attached hydrogen (secondary N) is 1. The first kappa shape index (κ1) is 21.9. The van der Waals surface area contributed by atoms with Crippen molar-refractivity contribution in [3.63, 3.8) is 0 Å². The number of ether oxygens (including phenoxy) is 1. The van der Waals surface area contributed by atoms with E-state index in [0.29, 0.717) is 25.3 Å². The van der Waals surface area contributed by atoms with Gasteiger partial charge < -0.3 is 15.0 Å². The van der Waals surface area contributed by atoms with Crippen LogP contribution in [0, 0.1) is 0 Å². The van der Waals surface area contributed by atoms with Crippen LogP contribution >= 0.6 is 0 Å². The topological polar surface area (TPSA) is 58.6 Å². The number of benzene rings is 2. The smallest absolute Gasteiger partial charge is 0.407 e. The van der Waals surface area contributed by atoms with E-state index in [1.54, 1.807) is 0 Å². The summed E-state index contributed by atoms with van der Waals surface area (Å²) in [6, 6.07) is 20.4. The van der Waals surface area contributed by atoms with Gasteiger partial charge >= 0.3 is 6.09 Å². The Labute approximate surface area is 179 Å². The fraction of sp³-hybridized carbons (Fsp3) is 0.440. The first-order valence-corrected chi connectivity index (χ1v) is 11.0. The Bertz CT molecular complexity index is 795. The molecule has 0 aromatic heterocycles. The van der Waals surface area contributed by atoms with Crippen molar-refractivity contribution >= 4 is 12.0 Å². The maximum atomic E-state index is 12.8. The zero-order chi connectivity index (χ0) is 21.2. The van der Waals surface area contributed by atoms with Crippen molar-refractivity contribution < 1.29 is 14.3 Å². The number of amides is 2. The fourth-order valence-electron chi connectivity index (χ4n) is 4.30. The van der Waals surface area contributed by atoms with E-state index in [1.807, 2.05) is 36.4 Å². The van der Waals surface area contributed by atoms with Gasteiger partial charge in [0.05, 0.1) is 0 Å². The summed E-state index contributed by atoms with van der Waals surface area (Å²) in [5.41, 5.74) is 2.26. The summed E-state index contributed by atoms with van der Waals surface area (Å²) in [5.74, 6) is 0.565. The molecular formula is C25H32N2O3. The summed E-state index contributed by atoms with van der Waals surface area (Å²) in [7, 11) is 0. The predicted octanol–water partition coefficient (Wildman–Crippen LogP) is 4.88. The van der Waals surface area contributed by atoms with Crippen LogP contribution in [0.25, 0.3) is 0 Å². The zero-order valence-corrected chi connectivity index (χ0v) is 17.8. The Morgan fingerprint density at radius 1 is 1.10 bits per heavy atom. The number of nitrogens with zero attached hydrogens (tertiary/aromatic N) is 1. The second kappa shape index (κ2) is 11.4. The van der Waals surface area contributed by atoms with Gasteiger partial charge in [-0.15, -0.1) is 0 Å². The number of carbonyl (C=O) groups is 2. The molecule has 1 aliphatic heterocycles. The number of hydrogen-bond acceptors (Lipinski definition) is 3. The predicted molar refractivity (Wildman–Crippen MR) is 118 cm³/mol. The van der Waals surface area contributed by atoms with Crippen molar-refractivity contribution in [2.24, 2.45) is 0 Å². The lowest BCUT2D eigenvalue weighted by molar-refractivity contribution is -0.132. The van der Waals surface area contributed by atoms with Gasteiger partial charge in [0.15, 0.2) is 0 Å². The Morgan fingerprint density at radius 2 is 1.80 bits per heavy atom. The summed E-state index contributed by atoms with van der Waals surface area (Å²) in [6.07, 6.45) is 3.76. The van der Waals surface area contributed by atoms with Crippen LogP contribution in [0.5, 0.6) is 0 Å². The highest BCUT2D eigenvalue weighted by Crippen LogP contribution is 2.33. The lowest BCUT2D eigenvalue weighted by Gasteiger charge is -2.32. The number of alkyl carbamates (subject to hydrolysis) is 1. The second-order valence-corrected chi connectivity index (χ2v) is 7.81. The highest BCUT2D eigenvalue weighted by atomic mass is 16.5. The summed E-state index contributed by atoms with van der Waals surface area (Å²) in [6.45, 7) is 3.72. The molecular weight excluding hydrogens is 376 g/mol. The maximum absolute atomic E-state index is 12.8. The van der Waals surface area contributed by atoms with E-state index in [9.17, 15) is 9.59 Å². The summed E-state index contributed by atoms with van der Waals surface area (Å²) >= 11 is 0. The van der Waals surface area contributed by atoms with E-state index in [1.165, 1.54) is 5.56 Å². The maximum Gasteiger partial charge on any atom is 0.407 e. The van der Waals surface area contributed by atoms with Gasteiger partial charge in [0.1, 0.15) is 6.61 Å². The highest BCUT2D eigenvalue weighted by Gasteiger charge is 2.34. The van der Waals surface area contributed by atoms with Gasteiger partial charge in [-0.25, -0.2) is 4.79 Å². The van der Waals surface area contributed by atoms with Crippen molar-refractivity contribution in [1.82, 2.24) is 10.2 Å². The average Bonchev–Trinajstić information content (AvgIpc) is 3.27. The number of likely N-dealkylation sites (tertiary alicyclic amines) is 1. The Morgan fingerprint density at radius 3 is 2.50 bits per heavy atom. The van der Waals surface area contributed by atoms with Gasteiger partial charge in [-0.2, -0.15) is 0 Å². The number of carbonyl (C=O) groups excluding carboxylic acids is 2. The summed E-state index contributed by atoms with van der Waals surface area (Å²) < 4.78 is 5.20. The molecule has 2 atom stereocenters. The van der Waals surface area contributed by atoms with Crippen molar-refractivity contribution in [3.05, 3.63) is 71.8 Å². The van der Waals surface area contributed by atoms with Crippen LogP contribution in [0.4, 0.5) is 4.79 Å². The third-order valence-corrected chi connectivity index (χ3v) is 5.80. The minimum atomic E-state index is -0.444. The Balaban J connectivity index is 1.41. The molecule has 3 rings (SSSR count). The highest BCUT2D eigenvalue weighted by molar-refractivity contribution is 5.77. The summed E-state index contributed by atoms with van der Waals surface area (Å²) in [5, 5.41) is 2.74. The van der Waals surface area contributed by atoms with Crippen molar-refractivity contribution in [2.45, 2.75) is 57.6 Å².